The number of nitrogens with zero attached hydrogens (tertiary/aromatic N) is 5. The largest absolute Gasteiger partial charge is 0.496 e. The van der Waals surface area contributed by atoms with Gasteiger partial charge in [0, 0.05) is 18.0 Å². The Balaban J connectivity index is 1.77. The van der Waals surface area contributed by atoms with Gasteiger partial charge in [0.25, 0.3) is 5.56 Å². The van der Waals surface area contributed by atoms with Gasteiger partial charge in [0.1, 0.15) is 35.1 Å². The van der Waals surface area contributed by atoms with E-state index < -0.39 is 28.8 Å². The molecule has 5 rings (SSSR count). The van der Waals surface area contributed by atoms with Gasteiger partial charge in [-0.3, -0.25) is 19.1 Å². The molecule has 0 aliphatic rings. The normalized spacial score (nSPS) is 12.3. The lowest BCUT2D eigenvalue weighted by molar-refractivity contribution is -0.125. The minimum Gasteiger partial charge on any atom is -0.496 e. The lowest BCUT2D eigenvalue weighted by Gasteiger charge is -2.27. The van der Waals surface area contributed by atoms with Crippen molar-refractivity contribution in [1.29, 1.82) is 0 Å². The molecule has 0 radical (unpaired) electrons. The quantitative estimate of drug-likeness (QED) is 0.296. The number of primary amides is 1. The van der Waals surface area contributed by atoms with Crippen molar-refractivity contribution in [3.8, 4) is 23.1 Å². The molecule has 0 aliphatic heterocycles. The van der Waals surface area contributed by atoms with Gasteiger partial charge in [0.05, 0.1) is 25.4 Å². The molecule has 1 atom stereocenters. The molecular formula is C28H26N6O6. The van der Waals surface area contributed by atoms with Crippen molar-refractivity contribution in [3.63, 3.8) is 0 Å². The number of aromatic nitrogens is 5. The number of benzene rings is 1. The van der Waals surface area contributed by atoms with Crippen LogP contribution >= 0.6 is 0 Å². The van der Waals surface area contributed by atoms with E-state index in [-0.39, 0.29) is 29.2 Å². The third-order valence-electron chi connectivity index (χ3n) is 6.57. The van der Waals surface area contributed by atoms with Crippen LogP contribution in [0.15, 0.2) is 87.4 Å². The fourth-order valence-corrected chi connectivity index (χ4v) is 4.37. The smallest absolute Gasteiger partial charge is 0.332 e. The molecule has 0 saturated heterocycles. The fourth-order valence-electron chi connectivity index (χ4n) is 4.37. The number of ether oxygens (including phenoxy) is 2. The van der Waals surface area contributed by atoms with Gasteiger partial charge >= 0.3 is 5.69 Å². The molecule has 0 bridgehead atoms. The Labute approximate surface area is 227 Å². The van der Waals surface area contributed by atoms with E-state index in [1.54, 1.807) is 42.7 Å². The van der Waals surface area contributed by atoms with E-state index in [4.69, 9.17) is 19.6 Å². The molecule has 0 saturated carbocycles. The Bertz CT molecular complexity index is 1790. The van der Waals surface area contributed by atoms with Gasteiger partial charge in [-0.25, -0.2) is 19.3 Å². The highest BCUT2D eigenvalue weighted by atomic mass is 16.5. The SMILES string of the molecule is COc1ccccc1[C@H](Cn1c(=O)n(C(C)(C)C(N)=O)c(=O)c2nc(-c3ncco3)ccc21)Oc1ccncc1. The molecule has 204 valence electrons. The predicted molar refractivity (Wildman–Crippen MR) is 145 cm³/mol. The summed E-state index contributed by atoms with van der Waals surface area (Å²) in [6, 6.07) is 13.8. The summed E-state index contributed by atoms with van der Waals surface area (Å²) in [7, 11) is 1.54. The van der Waals surface area contributed by atoms with E-state index in [0.717, 1.165) is 4.57 Å². The average molecular weight is 543 g/mol. The summed E-state index contributed by atoms with van der Waals surface area (Å²) in [6.45, 7) is 2.72. The molecule has 4 aromatic heterocycles. The van der Waals surface area contributed by atoms with Crippen LogP contribution in [-0.2, 0) is 16.9 Å². The van der Waals surface area contributed by atoms with Crippen LogP contribution < -0.4 is 26.5 Å². The third kappa shape index (κ3) is 4.70. The molecule has 0 fully saturated rings. The Morgan fingerprint density at radius 1 is 1.07 bits per heavy atom. The van der Waals surface area contributed by atoms with Gasteiger partial charge in [-0.2, -0.15) is 0 Å². The first-order valence-electron chi connectivity index (χ1n) is 12.3. The first-order chi connectivity index (χ1) is 19.2. The van der Waals surface area contributed by atoms with Crippen LogP contribution in [0.2, 0.25) is 0 Å². The number of oxazole rings is 1. The second-order valence-corrected chi connectivity index (χ2v) is 9.39. The average Bonchev–Trinajstić information content (AvgIpc) is 3.50. The minimum absolute atomic E-state index is 0.0762. The molecule has 0 aliphatic carbocycles. The number of carbonyl (C=O) groups excluding carboxylic acids is 1. The number of rotatable bonds is 9. The van der Waals surface area contributed by atoms with Gasteiger partial charge in [-0.1, -0.05) is 18.2 Å². The summed E-state index contributed by atoms with van der Waals surface area (Å²) in [5.41, 5.74) is 3.50. The Hall–Kier alpha value is -5.26. The number of methoxy groups -OCH3 is 1. The van der Waals surface area contributed by atoms with Crippen LogP contribution in [0.4, 0.5) is 0 Å². The second kappa shape index (κ2) is 10.5. The predicted octanol–water partition coefficient (Wildman–Crippen LogP) is 2.66. The van der Waals surface area contributed by atoms with Crippen molar-refractivity contribution in [2.45, 2.75) is 32.0 Å². The zero-order valence-electron chi connectivity index (χ0n) is 22.0. The number of pyridine rings is 2. The highest BCUT2D eigenvalue weighted by Crippen LogP contribution is 2.31. The van der Waals surface area contributed by atoms with E-state index in [2.05, 4.69) is 15.0 Å². The van der Waals surface area contributed by atoms with Gasteiger partial charge in [-0.15, -0.1) is 0 Å². The van der Waals surface area contributed by atoms with Gasteiger partial charge in [0.2, 0.25) is 11.8 Å². The van der Waals surface area contributed by atoms with E-state index in [1.165, 1.54) is 38.0 Å². The van der Waals surface area contributed by atoms with Crippen LogP contribution in [0, 0.1) is 0 Å². The zero-order valence-corrected chi connectivity index (χ0v) is 22.0. The van der Waals surface area contributed by atoms with Crippen molar-refractivity contribution in [3.05, 3.63) is 99.8 Å². The summed E-state index contributed by atoms with van der Waals surface area (Å²) >= 11 is 0. The number of hydrogen-bond donors (Lipinski definition) is 1. The maximum Gasteiger partial charge on any atom is 0.332 e. The first kappa shape index (κ1) is 26.4. The monoisotopic (exact) mass is 542 g/mol. The highest BCUT2D eigenvalue weighted by molar-refractivity contribution is 5.83. The molecule has 0 spiro atoms. The number of carbonyl (C=O) groups is 1. The Kier molecular flexibility index (Phi) is 6.91. The second-order valence-electron chi connectivity index (χ2n) is 9.39. The lowest BCUT2D eigenvalue weighted by Crippen LogP contribution is -2.55. The summed E-state index contributed by atoms with van der Waals surface area (Å²) in [5.74, 6) is 0.357. The van der Waals surface area contributed by atoms with E-state index in [0.29, 0.717) is 17.1 Å². The van der Waals surface area contributed by atoms with E-state index >= 15 is 0 Å². The van der Waals surface area contributed by atoms with Gasteiger partial charge in [0.15, 0.2) is 5.52 Å². The molecule has 40 heavy (non-hydrogen) atoms. The Morgan fingerprint density at radius 2 is 1.82 bits per heavy atom. The van der Waals surface area contributed by atoms with Crippen molar-refractivity contribution in [2.75, 3.05) is 7.11 Å². The van der Waals surface area contributed by atoms with Crippen molar-refractivity contribution < 1.29 is 18.7 Å². The number of amides is 1. The molecule has 1 amide bonds. The van der Waals surface area contributed by atoms with E-state index in [1.807, 2.05) is 18.2 Å². The number of para-hydroxylation sites is 1. The molecule has 2 N–H and O–H groups in total. The zero-order chi connectivity index (χ0) is 28.4. The van der Waals surface area contributed by atoms with Gasteiger partial charge < -0.3 is 19.6 Å². The van der Waals surface area contributed by atoms with E-state index in [9.17, 15) is 14.4 Å². The van der Waals surface area contributed by atoms with Crippen molar-refractivity contribution >= 4 is 16.9 Å². The maximum atomic E-state index is 14.0. The van der Waals surface area contributed by atoms with Crippen LogP contribution in [0.25, 0.3) is 22.6 Å². The van der Waals surface area contributed by atoms with Crippen molar-refractivity contribution in [1.82, 2.24) is 24.1 Å². The molecule has 12 nitrogen and oxygen atoms in total. The van der Waals surface area contributed by atoms with Crippen LogP contribution in [0.5, 0.6) is 11.5 Å². The molecule has 5 aromatic rings. The number of nitrogens with two attached hydrogens (primary N) is 1. The first-order valence-corrected chi connectivity index (χ1v) is 12.3. The maximum absolute atomic E-state index is 14.0. The van der Waals surface area contributed by atoms with Gasteiger partial charge in [-0.05, 0) is 44.2 Å². The van der Waals surface area contributed by atoms with Crippen LogP contribution in [-0.4, -0.2) is 37.1 Å². The highest BCUT2D eigenvalue weighted by Gasteiger charge is 2.34. The summed E-state index contributed by atoms with van der Waals surface area (Å²) in [6.07, 6.45) is 5.23. The molecule has 1 aromatic carbocycles. The standard InChI is InChI=1S/C28H26N6O6/c1-28(2,26(29)36)34-25(35)23-20(9-8-19(32-23)24-31-14-15-39-24)33(27(34)37)16-22(40-17-10-12-30-13-11-17)18-6-4-5-7-21(18)38-3/h4-15,22H,16H2,1-3H3,(H2,29,36)/t22-/m0/s1. The third-order valence-corrected chi connectivity index (χ3v) is 6.57. The van der Waals surface area contributed by atoms with Crippen LogP contribution in [0.3, 0.4) is 0 Å². The summed E-state index contributed by atoms with van der Waals surface area (Å²) < 4.78 is 19.4. The molecule has 0 unspecified atom stereocenters. The minimum atomic E-state index is -1.67. The fraction of sp³-hybridized carbons (Fsp3) is 0.214. The number of fused-ring (bicyclic) bond motifs is 1. The van der Waals surface area contributed by atoms with Crippen LogP contribution in [0.1, 0.15) is 25.5 Å². The molecule has 12 heteroatoms. The summed E-state index contributed by atoms with van der Waals surface area (Å²) in [5, 5.41) is 0. The number of hydrogen-bond acceptors (Lipinski definition) is 9. The molecular weight excluding hydrogens is 516 g/mol. The van der Waals surface area contributed by atoms with Crippen molar-refractivity contribution in [2.24, 2.45) is 5.73 Å². The Morgan fingerprint density at radius 3 is 2.50 bits per heavy atom. The summed E-state index contributed by atoms with van der Waals surface area (Å²) in [4.78, 5) is 52.7. The molecule has 4 heterocycles. The lowest BCUT2D eigenvalue weighted by atomic mass is 10.0. The topological polar surface area (TPSA) is 157 Å².